The number of carbonyl (C=O) groups excluding carboxylic acids is 1. The first-order valence-corrected chi connectivity index (χ1v) is 4.66. The Morgan fingerprint density at radius 1 is 1.25 bits per heavy atom. The molecule has 0 saturated carbocycles. The van der Waals surface area contributed by atoms with Crippen molar-refractivity contribution in [3.8, 4) is 0 Å². The lowest BCUT2D eigenvalue weighted by atomic mass is 9.80. The van der Waals surface area contributed by atoms with E-state index in [-0.39, 0.29) is 0 Å². The van der Waals surface area contributed by atoms with Crippen LogP contribution in [-0.4, -0.2) is 37.4 Å². The van der Waals surface area contributed by atoms with Gasteiger partial charge in [0.15, 0.2) is 6.10 Å². The Hall–Kier alpha value is -1.37. The summed E-state index contributed by atoms with van der Waals surface area (Å²) in [7, 11) is 1.16. The summed E-state index contributed by atoms with van der Waals surface area (Å²) in [5.41, 5.74) is 0.946. The van der Waals surface area contributed by atoms with Gasteiger partial charge in [0, 0.05) is 7.11 Å². The SMILES string of the molecule is COC(=O)C(OC)c1ccc(B(O)O)cc1. The molecule has 0 aliphatic heterocycles. The van der Waals surface area contributed by atoms with E-state index in [0.29, 0.717) is 11.0 Å². The van der Waals surface area contributed by atoms with Crippen molar-refractivity contribution in [2.45, 2.75) is 6.10 Å². The summed E-state index contributed by atoms with van der Waals surface area (Å²) in [5.74, 6) is -0.500. The van der Waals surface area contributed by atoms with Gasteiger partial charge in [-0.15, -0.1) is 0 Å². The molecule has 0 saturated heterocycles. The summed E-state index contributed by atoms with van der Waals surface area (Å²) in [6, 6.07) is 6.18. The first-order chi connectivity index (χ1) is 7.60. The van der Waals surface area contributed by atoms with Gasteiger partial charge in [-0.2, -0.15) is 0 Å². The Balaban J connectivity index is 2.90. The van der Waals surface area contributed by atoms with E-state index in [1.807, 2.05) is 0 Å². The lowest BCUT2D eigenvalue weighted by molar-refractivity contribution is -0.152. The average molecular weight is 224 g/mol. The first-order valence-electron chi connectivity index (χ1n) is 4.66. The summed E-state index contributed by atoms with van der Waals surface area (Å²) >= 11 is 0. The van der Waals surface area contributed by atoms with Crippen LogP contribution in [0.25, 0.3) is 0 Å². The van der Waals surface area contributed by atoms with Gasteiger partial charge in [0.2, 0.25) is 0 Å². The number of rotatable bonds is 4. The molecule has 5 nitrogen and oxygen atoms in total. The van der Waals surface area contributed by atoms with Gasteiger partial charge in [0.05, 0.1) is 7.11 Å². The van der Waals surface area contributed by atoms with E-state index >= 15 is 0 Å². The zero-order valence-corrected chi connectivity index (χ0v) is 9.08. The Morgan fingerprint density at radius 2 is 1.81 bits per heavy atom. The van der Waals surface area contributed by atoms with Crippen molar-refractivity contribution in [3.63, 3.8) is 0 Å². The highest BCUT2D eigenvalue weighted by atomic mass is 16.6. The maximum absolute atomic E-state index is 11.3. The molecule has 1 rings (SSSR count). The predicted molar refractivity (Wildman–Crippen MR) is 58.0 cm³/mol. The van der Waals surface area contributed by atoms with Crippen molar-refractivity contribution in [2.24, 2.45) is 0 Å². The van der Waals surface area contributed by atoms with E-state index in [2.05, 4.69) is 4.74 Å². The second-order valence-electron chi connectivity index (χ2n) is 3.18. The maximum Gasteiger partial charge on any atom is 0.488 e. The fourth-order valence-corrected chi connectivity index (χ4v) is 1.32. The molecule has 0 amide bonds. The van der Waals surface area contributed by atoms with Crippen LogP contribution in [0.4, 0.5) is 0 Å². The van der Waals surface area contributed by atoms with E-state index < -0.39 is 19.2 Å². The van der Waals surface area contributed by atoms with Crippen molar-refractivity contribution in [1.82, 2.24) is 0 Å². The minimum atomic E-state index is -1.52. The average Bonchev–Trinajstić information content (AvgIpc) is 2.30. The highest BCUT2D eigenvalue weighted by Crippen LogP contribution is 2.16. The fraction of sp³-hybridized carbons (Fsp3) is 0.300. The zero-order valence-electron chi connectivity index (χ0n) is 9.08. The van der Waals surface area contributed by atoms with E-state index in [4.69, 9.17) is 14.8 Å². The van der Waals surface area contributed by atoms with Gasteiger partial charge < -0.3 is 19.5 Å². The fourth-order valence-electron chi connectivity index (χ4n) is 1.32. The van der Waals surface area contributed by atoms with Crippen LogP contribution in [0.15, 0.2) is 24.3 Å². The van der Waals surface area contributed by atoms with Gasteiger partial charge >= 0.3 is 13.1 Å². The Kier molecular flexibility index (Phi) is 4.48. The molecule has 6 heteroatoms. The molecule has 1 aromatic rings. The van der Waals surface area contributed by atoms with E-state index in [0.717, 1.165) is 0 Å². The molecule has 0 fully saturated rings. The molecule has 0 bridgehead atoms. The third-order valence-electron chi connectivity index (χ3n) is 2.19. The van der Waals surface area contributed by atoms with Crippen LogP contribution in [0.2, 0.25) is 0 Å². The van der Waals surface area contributed by atoms with Gasteiger partial charge in [0.1, 0.15) is 0 Å². The number of hydrogen-bond acceptors (Lipinski definition) is 5. The monoisotopic (exact) mass is 224 g/mol. The van der Waals surface area contributed by atoms with E-state index in [9.17, 15) is 4.79 Å². The molecule has 0 heterocycles. The summed E-state index contributed by atoms with van der Waals surface area (Å²) in [4.78, 5) is 11.3. The second-order valence-corrected chi connectivity index (χ2v) is 3.18. The van der Waals surface area contributed by atoms with Gasteiger partial charge in [-0.3, -0.25) is 0 Å². The van der Waals surface area contributed by atoms with Gasteiger partial charge in [0.25, 0.3) is 0 Å². The summed E-state index contributed by atoms with van der Waals surface area (Å²) < 4.78 is 9.56. The maximum atomic E-state index is 11.3. The Labute approximate surface area is 93.8 Å². The van der Waals surface area contributed by atoms with Gasteiger partial charge in [-0.05, 0) is 11.0 Å². The van der Waals surface area contributed by atoms with Crippen LogP contribution in [0.5, 0.6) is 0 Å². The summed E-state index contributed by atoms with van der Waals surface area (Å²) in [6.07, 6.45) is -0.796. The zero-order chi connectivity index (χ0) is 12.1. The molecule has 1 unspecified atom stereocenters. The molecule has 0 radical (unpaired) electrons. The van der Waals surface area contributed by atoms with Crippen LogP contribution in [0.3, 0.4) is 0 Å². The smallest absolute Gasteiger partial charge is 0.467 e. The number of hydrogen-bond donors (Lipinski definition) is 2. The topological polar surface area (TPSA) is 76.0 Å². The molecule has 0 spiro atoms. The largest absolute Gasteiger partial charge is 0.488 e. The van der Waals surface area contributed by atoms with E-state index in [1.54, 1.807) is 12.1 Å². The van der Waals surface area contributed by atoms with E-state index in [1.165, 1.54) is 26.4 Å². The molecule has 16 heavy (non-hydrogen) atoms. The number of esters is 1. The van der Waals surface area contributed by atoms with Crippen molar-refractivity contribution >= 4 is 18.6 Å². The van der Waals surface area contributed by atoms with Crippen molar-refractivity contribution in [3.05, 3.63) is 29.8 Å². The Morgan fingerprint density at radius 3 is 2.19 bits per heavy atom. The summed E-state index contributed by atoms with van der Waals surface area (Å²) in [6.45, 7) is 0. The molecule has 0 aliphatic carbocycles. The van der Waals surface area contributed by atoms with Crippen LogP contribution >= 0.6 is 0 Å². The molecular weight excluding hydrogens is 211 g/mol. The lowest BCUT2D eigenvalue weighted by Crippen LogP contribution is -2.29. The molecule has 1 aromatic carbocycles. The van der Waals surface area contributed by atoms with Crippen LogP contribution in [0, 0.1) is 0 Å². The number of ether oxygens (including phenoxy) is 2. The predicted octanol–water partition coefficient (Wildman–Crippen LogP) is -0.773. The minimum Gasteiger partial charge on any atom is -0.467 e. The molecule has 1 atom stereocenters. The highest BCUT2D eigenvalue weighted by Gasteiger charge is 2.21. The third kappa shape index (κ3) is 2.82. The number of methoxy groups -OCH3 is 2. The van der Waals surface area contributed by atoms with Gasteiger partial charge in [-0.1, -0.05) is 24.3 Å². The standard InChI is InChI=1S/C10H13BO5/c1-15-9(10(12)16-2)7-3-5-8(6-4-7)11(13)14/h3-6,9,13-14H,1-2H3. The third-order valence-corrected chi connectivity index (χ3v) is 2.19. The minimum absolute atomic E-state index is 0.350. The molecule has 0 aliphatic rings. The van der Waals surface area contributed by atoms with Crippen LogP contribution in [-0.2, 0) is 14.3 Å². The quantitative estimate of drug-likeness (QED) is 0.518. The number of carbonyl (C=O) groups is 1. The second kappa shape index (κ2) is 5.65. The molecule has 2 N–H and O–H groups in total. The Bertz CT molecular complexity index is 349. The number of benzene rings is 1. The molecular formula is C10H13BO5. The van der Waals surface area contributed by atoms with Gasteiger partial charge in [-0.25, -0.2) is 4.79 Å². The summed E-state index contributed by atoms with van der Waals surface area (Å²) in [5, 5.41) is 17.8. The van der Waals surface area contributed by atoms with Crippen molar-refractivity contribution in [1.29, 1.82) is 0 Å². The van der Waals surface area contributed by atoms with Crippen LogP contribution in [0.1, 0.15) is 11.7 Å². The molecule has 86 valence electrons. The van der Waals surface area contributed by atoms with Crippen molar-refractivity contribution < 1.29 is 24.3 Å². The lowest BCUT2D eigenvalue weighted by Gasteiger charge is -2.13. The first kappa shape index (κ1) is 12.7. The highest BCUT2D eigenvalue weighted by molar-refractivity contribution is 6.58. The van der Waals surface area contributed by atoms with Crippen LogP contribution < -0.4 is 5.46 Å². The van der Waals surface area contributed by atoms with Crippen molar-refractivity contribution in [2.75, 3.05) is 14.2 Å². The normalized spacial score (nSPS) is 12.0. The molecule has 0 aromatic heterocycles.